The average Bonchev–Trinajstić information content (AvgIpc) is 3.38. The Hall–Kier alpha value is -2.89. The fourth-order valence-corrected chi connectivity index (χ4v) is 3.98. The number of likely N-dealkylation sites (tertiary alicyclic amines) is 1. The number of carbonyl (C=O) groups excluding carboxylic acids is 2. The van der Waals surface area contributed by atoms with E-state index in [9.17, 15) is 9.59 Å². The molecule has 1 unspecified atom stereocenters. The Labute approximate surface area is 165 Å². The maximum atomic E-state index is 12.8. The summed E-state index contributed by atoms with van der Waals surface area (Å²) in [5.41, 5.74) is 1.94. The highest BCUT2D eigenvalue weighted by molar-refractivity contribution is 5.98. The van der Waals surface area contributed by atoms with Crippen LogP contribution in [-0.4, -0.2) is 47.9 Å². The summed E-state index contributed by atoms with van der Waals surface area (Å²) < 4.78 is 0. The molecule has 0 radical (unpaired) electrons. The first-order chi connectivity index (χ1) is 13.7. The van der Waals surface area contributed by atoms with Gasteiger partial charge in [0.15, 0.2) is 5.82 Å². The summed E-state index contributed by atoms with van der Waals surface area (Å²) >= 11 is 0. The Balaban J connectivity index is 1.36. The zero-order valence-corrected chi connectivity index (χ0v) is 16.0. The number of rotatable bonds is 6. The van der Waals surface area contributed by atoms with Crippen LogP contribution >= 0.6 is 0 Å². The molecule has 146 valence electrons. The molecule has 0 aliphatic carbocycles. The quantitative estimate of drug-likeness (QED) is 0.839. The van der Waals surface area contributed by atoms with E-state index in [2.05, 4.69) is 27.3 Å². The van der Waals surface area contributed by atoms with Gasteiger partial charge in [-0.15, -0.1) is 0 Å². The van der Waals surface area contributed by atoms with Gasteiger partial charge in [0.05, 0.1) is 11.6 Å². The van der Waals surface area contributed by atoms with Gasteiger partial charge in [-0.05, 0) is 37.0 Å². The van der Waals surface area contributed by atoms with Crippen molar-refractivity contribution in [1.82, 2.24) is 9.88 Å². The van der Waals surface area contributed by atoms with Gasteiger partial charge in [0.1, 0.15) is 0 Å². The molecule has 2 aromatic rings. The van der Waals surface area contributed by atoms with Gasteiger partial charge in [-0.3, -0.25) is 9.59 Å². The zero-order valence-electron chi connectivity index (χ0n) is 16.0. The van der Waals surface area contributed by atoms with Crippen molar-refractivity contribution >= 4 is 23.3 Å². The van der Waals surface area contributed by atoms with Crippen LogP contribution in [0.3, 0.4) is 0 Å². The van der Waals surface area contributed by atoms with E-state index in [0.717, 1.165) is 43.9 Å². The first kappa shape index (κ1) is 18.5. The van der Waals surface area contributed by atoms with Crippen LogP contribution in [0.1, 0.15) is 24.8 Å². The number of pyridine rings is 1. The van der Waals surface area contributed by atoms with Crippen LogP contribution in [0, 0.1) is 5.92 Å². The number of anilines is 2. The number of hydrogen-bond donors (Lipinski definition) is 1. The molecule has 0 saturated carbocycles. The van der Waals surface area contributed by atoms with Crippen molar-refractivity contribution in [3.63, 3.8) is 0 Å². The van der Waals surface area contributed by atoms with Crippen LogP contribution in [0.4, 0.5) is 11.5 Å². The third-order valence-corrected chi connectivity index (χ3v) is 5.55. The van der Waals surface area contributed by atoms with Gasteiger partial charge in [0, 0.05) is 38.8 Å². The van der Waals surface area contributed by atoms with Crippen LogP contribution in [0.2, 0.25) is 0 Å². The molecular formula is C22H26N4O2. The molecule has 2 aliphatic heterocycles. The van der Waals surface area contributed by atoms with E-state index in [1.54, 1.807) is 6.20 Å². The second-order valence-electron chi connectivity index (χ2n) is 7.53. The molecule has 2 amide bonds. The normalized spacial score (nSPS) is 19.3. The maximum Gasteiger partial charge on any atom is 0.229 e. The van der Waals surface area contributed by atoms with Crippen molar-refractivity contribution in [3.8, 4) is 0 Å². The van der Waals surface area contributed by atoms with Crippen LogP contribution in [0.5, 0.6) is 0 Å². The highest BCUT2D eigenvalue weighted by Gasteiger charge is 2.34. The Bertz CT molecular complexity index is 833. The molecule has 2 fully saturated rings. The summed E-state index contributed by atoms with van der Waals surface area (Å²) in [6, 6.07) is 13.8. The molecule has 28 heavy (non-hydrogen) atoms. The van der Waals surface area contributed by atoms with Crippen LogP contribution in [-0.2, 0) is 16.0 Å². The van der Waals surface area contributed by atoms with Crippen LogP contribution in [0.25, 0.3) is 0 Å². The van der Waals surface area contributed by atoms with Gasteiger partial charge in [-0.25, -0.2) is 4.98 Å². The standard InChI is InChI=1S/C22H26N4O2/c27-20-15-18(16-26(20)14-10-17-7-2-1-3-8-17)22(28)24-19-9-6-11-23-21(19)25-12-4-5-13-25/h1-3,6-9,11,18H,4-5,10,12-16H2,(H,24,28). The fourth-order valence-electron chi connectivity index (χ4n) is 3.98. The third kappa shape index (κ3) is 4.16. The molecule has 0 bridgehead atoms. The lowest BCUT2D eigenvalue weighted by molar-refractivity contribution is -0.128. The number of benzene rings is 1. The third-order valence-electron chi connectivity index (χ3n) is 5.55. The molecule has 6 nitrogen and oxygen atoms in total. The molecule has 1 atom stereocenters. The first-order valence-corrected chi connectivity index (χ1v) is 10.0. The lowest BCUT2D eigenvalue weighted by atomic mass is 10.1. The molecular weight excluding hydrogens is 352 g/mol. The van der Waals surface area contributed by atoms with Gasteiger partial charge in [-0.2, -0.15) is 0 Å². The number of amides is 2. The number of nitrogens with zero attached hydrogens (tertiary/aromatic N) is 3. The zero-order chi connectivity index (χ0) is 19.3. The molecule has 1 aromatic carbocycles. The Morgan fingerprint density at radius 2 is 1.89 bits per heavy atom. The van der Waals surface area contributed by atoms with Crippen molar-refractivity contribution in [2.24, 2.45) is 5.92 Å². The Morgan fingerprint density at radius 1 is 1.11 bits per heavy atom. The predicted octanol–water partition coefficient (Wildman–Crippen LogP) is 2.71. The Morgan fingerprint density at radius 3 is 2.68 bits per heavy atom. The van der Waals surface area contributed by atoms with Crippen molar-refractivity contribution in [2.45, 2.75) is 25.7 Å². The summed E-state index contributed by atoms with van der Waals surface area (Å²) in [5.74, 6) is 0.486. The van der Waals surface area contributed by atoms with Crippen LogP contribution < -0.4 is 10.2 Å². The number of carbonyl (C=O) groups is 2. The lowest BCUT2D eigenvalue weighted by Crippen LogP contribution is -2.30. The van der Waals surface area contributed by atoms with E-state index in [-0.39, 0.29) is 24.2 Å². The molecule has 6 heteroatoms. The van der Waals surface area contributed by atoms with E-state index >= 15 is 0 Å². The summed E-state index contributed by atoms with van der Waals surface area (Å²) in [6.45, 7) is 3.07. The van der Waals surface area contributed by atoms with Gasteiger partial charge < -0.3 is 15.1 Å². The van der Waals surface area contributed by atoms with Gasteiger partial charge in [0.25, 0.3) is 0 Å². The van der Waals surface area contributed by atoms with Crippen molar-refractivity contribution in [3.05, 3.63) is 54.2 Å². The molecule has 1 aromatic heterocycles. The van der Waals surface area contributed by atoms with E-state index in [0.29, 0.717) is 13.1 Å². The number of aromatic nitrogens is 1. The van der Waals surface area contributed by atoms with Crippen molar-refractivity contribution < 1.29 is 9.59 Å². The lowest BCUT2D eigenvalue weighted by Gasteiger charge is -2.21. The highest BCUT2D eigenvalue weighted by atomic mass is 16.2. The van der Waals surface area contributed by atoms with E-state index < -0.39 is 0 Å². The maximum absolute atomic E-state index is 12.8. The fraction of sp³-hybridized carbons (Fsp3) is 0.409. The smallest absolute Gasteiger partial charge is 0.229 e. The van der Waals surface area contributed by atoms with Gasteiger partial charge in [-0.1, -0.05) is 30.3 Å². The summed E-state index contributed by atoms with van der Waals surface area (Å²) in [4.78, 5) is 33.7. The second kappa shape index (κ2) is 8.42. The summed E-state index contributed by atoms with van der Waals surface area (Å²) in [7, 11) is 0. The highest BCUT2D eigenvalue weighted by Crippen LogP contribution is 2.28. The average molecular weight is 378 g/mol. The van der Waals surface area contributed by atoms with Gasteiger partial charge >= 0.3 is 0 Å². The second-order valence-corrected chi connectivity index (χ2v) is 7.53. The minimum Gasteiger partial charge on any atom is -0.355 e. The van der Waals surface area contributed by atoms with Crippen molar-refractivity contribution in [2.75, 3.05) is 36.4 Å². The van der Waals surface area contributed by atoms with Crippen molar-refractivity contribution in [1.29, 1.82) is 0 Å². The minimum absolute atomic E-state index is 0.0574. The number of hydrogen-bond acceptors (Lipinski definition) is 4. The molecule has 1 N–H and O–H groups in total. The minimum atomic E-state index is -0.310. The number of nitrogens with one attached hydrogen (secondary N) is 1. The topological polar surface area (TPSA) is 65.5 Å². The molecule has 3 heterocycles. The molecule has 4 rings (SSSR count). The molecule has 2 aliphatic rings. The van der Waals surface area contributed by atoms with E-state index in [1.807, 2.05) is 35.2 Å². The molecule has 0 spiro atoms. The predicted molar refractivity (Wildman–Crippen MR) is 109 cm³/mol. The molecule has 2 saturated heterocycles. The monoisotopic (exact) mass is 378 g/mol. The van der Waals surface area contributed by atoms with E-state index in [4.69, 9.17) is 0 Å². The summed E-state index contributed by atoms with van der Waals surface area (Å²) in [5, 5.41) is 3.02. The summed E-state index contributed by atoms with van der Waals surface area (Å²) in [6.07, 6.45) is 5.14. The van der Waals surface area contributed by atoms with Gasteiger partial charge in [0.2, 0.25) is 11.8 Å². The van der Waals surface area contributed by atoms with Crippen LogP contribution in [0.15, 0.2) is 48.7 Å². The first-order valence-electron chi connectivity index (χ1n) is 10.0. The Kier molecular flexibility index (Phi) is 5.55. The SMILES string of the molecule is O=C(Nc1cccnc1N1CCCC1)C1CC(=O)N(CCc2ccccc2)C1. The largest absolute Gasteiger partial charge is 0.355 e. The van der Waals surface area contributed by atoms with E-state index in [1.165, 1.54) is 5.56 Å².